The van der Waals surface area contributed by atoms with Gasteiger partial charge in [-0.05, 0) is 29.9 Å². The number of hydrogen-bond acceptors (Lipinski definition) is 2. The molecule has 2 aromatic carbocycles. The topological polar surface area (TPSA) is 46.5 Å². The minimum absolute atomic E-state index is 0.209. The van der Waals surface area contributed by atoms with Gasteiger partial charge in [-0.25, -0.2) is 0 Å². The van der Waals surface area contributed by atoms with Crippen LogP contribution in [0.3, 0.4) is 0 Å². The molecule has 0 unspecified atom stereocenters. The second-order valence-electron chi connectivity index (χ2n) is 4.22. The second kappa shape index (κ2) is 5.54. The molecule has 94 valence electrons. The summed E-state index contributed by atoms with van der Waals surface area (Å²) in [5.74, 6) is 0.111. The van der Waals surface area contributed by atoms with E-state index in [-0.39, 0.29) is 6.42 Å². The molecule has 18 heavy (non-hydrogen) atoms. The molecule has 0 fully saturated rings. The monoisotopic (exact) mass is 244 g/mol. The van der Waals surface area contributed by atoms with Gasteiger partial charge in [-0.1, -0.05) is 30.3 Å². The van der Waals surface area contributed by atoms with Gasteiger partial charge in [-0.3, -0.25) is 4.79 Å². The molecule has 0 aliphatic carbocycles. The third-order valence-corrected chi connectivity index (χ3v) is 3.03. The highest BCUT2D eigenvalue weighted by Gasteiger charge is 2.05. The summed E-state index contributed by atoms with van der Waals surface area (Å²) in [5, 5.41) is 10.9. The number of carboxylic acids is 1. The van der Waals surface area contributed by atoms with Gasteiger partial charge in [0.05, 0.1) is 7.11 Å². The van der Waals surface area contributed by atoms with Gasteiger partial charge in [-0.2, -0.15) is 0 Å². The van der Waals surface area contributed by atoms with Crippen molar-refractivity contribution in [1.82, 2.24) is 0 Å². The number of ether oxygens (including phenoxy) is 1. The Bertz CT molecular complexity index is 561. The molecular formula is C15H16O3. The van der Waals surface area contributed by atoms with Crippen molar-refractivity contribution in [3.05, 3.63) is 42.0 Å². The fourth-order valence-corrected chi connectivity index (χ4v) is 2.17. The second-order valence-corrected chi connectivity index (χ2v) is 4.22. The van der Waals surface area contributed by atoms with Gasteiger partial charge in [-0.15, -0.1) is 0 Å². The van der Waals surface area contributed by atoms with Crippen LogP contribution in [-0.4, -0.2) is 18.2 Å². The molecule has 0 saturated heterocycles. The van der Waals surface area contributed by atoms with E-state index in [1.54, 1.807) is 7.11 Å². The first kappa shape index (κ1) is 12.4. The lowest BCUT2D eigenvalue weighted by molar-refractivity contribution is -0.137. The molecule has 1 N–H and O–H groups in total. The highest BCUT2D eigenvalue weighted by molar-refractivity contribution is 5.91. The summed E-state index contributed by atoms with van der Waals surface area (Å²) in [6.45, 7) is 0. The van der Waals surface area contributed by atoms with E-state index in [0.29, 0.717) is 6.42 Å². The SMILES string of the molecule is COc1cccc2c(CCCC(=O)O)cccc12. The lowest BCUT2D eigenvalue weighted by Gasteiger charge is -2.09. The molecule has 3 heteroatoms. The predicted molar refractivity (Wildman–Crippen MR) is 71.1 cm³/mol. The normalized spacial score (nSPS) is 10.5. The van der Waals surface area contributed by atoms with E-state index in [1.165, 1.54) is 5.56 Å². The fraction of sp³-hybridized carbons (Fsp3) is 0.267. The van der Waals surface area contributed by atoms with E-state index >= 15 is 0 Å². The highest BCUT2D eigenvalue weighted by Crippen LogP contribution is 2.28. The maximum Gasteiger partial charge on any atom is 0.303 e. The number of hydrogen-bond donors (Lipinski definition) is 1. The average Bonchev–Trinajstić information content (AvgIpc) is 2.38. The summed E-state index contributed by atoms with van der Waals surface area (Å²) < 4.78 is 5.33. The van der Waals surface area contributed by atoms with Crippen LogP contribution in [0.5, 0.6) is 5.75 Å². The van der Waals surface area contributed by atoms with Gasteiger partial charge in [0.25, 0.3) is 0 Å². The Morgan fingerprint density at radius 2 is 1.89 bits per heavy atom. The molecule has 0 aliphatic rings. The highest BCUT2D eigenvalue weighted by atomic mass is 16.5. The van der Waals surface area contributed by atoms with Crippen LogP contribution in [0.1, 0.15) is 18.4 Å². The van der Waals surface area contributed by atoms with Crippen LogP contribution in [0.4, 0.5) is 0 Å². The van der Waals surface area contributed by atoms with Crippen LogP contribution in [0.2, 0.25) is 0 Å². The molecule has 0 amide bonds. The first-order chi connectivity index (χ1) is 8.72. The third kappa shape index (κ3) is 2.62. The van der Waals surface area contributed by atoms with Gasteiger partial charge in [0.1, 0.15) is 5.75 Å². The molecule has 0 atom stereocenters. The fourth-order valence-electron chi connectivity index (χ4n) is 2.17. The van der Waals surface area contributed by atoms with Gasteiger partial charge in [0.15, 0.2) is 0 Å². The van der Waals surface area contributed by atoms with Crippen LogP contribution in [0.25, 0.3) is 10.8 Å². The van der Waals surface area contributed by atoms with Crippen molar-refractivity contribution in [3.8, 4) is 5.75 Å². The molecule has 0 saturated carbocycles. The molecule has 0 spiro atoms. The molecule has 3 nitrogen and oxygen atoms in total. The van der Waals surface area contributed by atoms with Crippen LogP contribution in [0.15, 0.2) is 36.4 Å². The van der Waals surface area contributed by atoms with E-state index in [9.17, 15) is 4.79 Å². The van der Waals surface area contributed by atoms with Crippen molar-refractivity contribution in [3.63, 3.8) is 0 Å². The van der Waals surface area contributed by atoms with Crippen molar-refractivity contribution < 1.29 is 14.6 Å². The number of benzene rings is 2. The van der Waals surface area contributed by atoms with Gasteiger partial charge in [0.2, 0.25) is 0 Å². The molecule has 0 radical (unpaired) electrons. The Morgan fingerprint density at radius 1 is 1.17 bits per heavy atom. The number of carboxylic acid groups (broad SMARTS) is 1. The Balaban J connectivity index is 2.31. The summed E-state index contributed by atoms with van der Waals surface area (Å²) in [4.78, 5) is 10.5. The van der Waals surface area contributed by atoms with E-state index in [0.717, 1.165) is 22.9 Å². The lowest BCUT2D eigenvalue weighted by Crippen LogP contribution is -1.96. The van der Waals surface area contributed by atoms with E-state index in [1.807, 2.05) is 36.4 Å². The Kier molecular flexibility index (Phi) is 3.82. The zero-order valence-corrected chi connectivity index (χ0v) is 10.3. The first-order valence-electron chi connectivity index (χ1n) is 5.99. The van der Waals surface area contributed by atoms with E-state index in [4.69, 9.17) is 9.84 Å². The zero-order valence-electron chi connectivity index (χ0n) is 10.3. The minimum Gasteiger partial charge on any atom is -0.496 e. The zero-order chi connectivity index (χ0) is 13.0. The summed E-state index contributed by atoms with van der Waals surface area (Å²) in [6.07, 6.45) is 1.64. The van der Waals surface area contributed by atoms with Gasteiger partial charge in [0, 0.05) is 11.8 Å². The van der Waals surface area contributed by atoms with Crippen molar-refractivity contribution in [1.29, 1.82) is 0 Å². The lowest BCUT2D eigenvalue weighted by atomic mass is 9.99. The van der Waals surface area contributed by atoms with Crippen molar-refractivity contribution in [2.45, 2.75) is 19.3 Å². The number of carbonyl (C=O) groups is 1. The van der Waals surface area contributed by atoms with Crippen LogP contribution in [0, 0.1) is 0 Å². The number of rotatable bonds is 5. The van der Waals surface area contributed by atoms with Crippen LogP contribution >= 0.6 is 0 Å². The summed E-state index contributed by atoms with van der Waals surface area (Å²) in [6, 6.07) is 12.0. The Labute approximate surface area is 106 Å². The number of aliphatic carboxylic acids is 1. The van der Waals surface area contributed by atoms with Crippen molar-refractivity contribution >= 4 is 16.7 Å². The maximum atomic E-state index is 10.5. The molecule has 0 aliphatic heterocycles. The molecule has 2 rings (SSSR count). The van der Waals surface area contributed by atoms with E-state index < -0.39 is 5.97 Å². The Morgan fingerprint density at radius 3 is 2.61 bits per heavy atom. The average molecular weight is 244 g/mol. The van der Waals surface area contributed by atoms with Gasteiger partial charge < -0.3 is 9.84 Å². The van der Waals surface area contributed by atoms with Crippen molar-refractivity contribution in [2.75, 3.05) is 7.11 Å². The maximum absolute atomic E-state index is 10.5. The van der Waals surface area contributed by atoms with Crippen LogP contribution < -0.4 is 4.74 Å². The third-order valence-electron chi connectivity index (χ3n) is 3.03. The van der Waals surface area contributed by atoms with Crippen molar-refractivity contribution in [2.24, 2.45) is 0 Å². The number of fused-ring (bicyclic) bond motifs is 1. The van der Waals surface area contributed by atoms with Gasteiger partial charge >= 0.3 is 5.97 Å². The van der Waals surface area contributed by atoms with E-state index in [2.05, 4.69) is 0 Å². The summed E-state index contributed by atoms with van der Waals surface area (Å²) in [7, 11) is 1.66. The first-order valence-corrected chi connectivity index (χ1v) is 5.99. The summed E-state index contributed by atoms with van der Waals surface area (Å²) in [5.41, 5.74) is 1.17. The smallest absolute Gasteiger partial charge is 0.303 e. The number of aryl methyl sites for hydroxylation is 1. The molecule has 0 bridgehead atoms. The minimum atomic E-state index is -0.743. The quantitative estimate of drug-likeness (QED) is 0.878. The van der Waals surface area contributed by atoms with Crippen LogP contribution in [-0.2, 0) is 11.2 Å². The largest absolute Gasteiger partial charge is 0.496 e. The molecular weight excluding hydrogens is 228 g/mol. The standard InChI is InChI=1S/C15H16O3/c1-18-14-9-4-7-12-11(5-2-8-13(12)14)6-3-10-15(16)17/h2,4-5,7-9H,3,6,10H2,1H3,(H,16,17). The molecule has 0 heterocycles. The molecule has 2 aromatic rings. The number of methoxy groups -OCH3 is 1. The predicted octanol–water partition coefficient (Wildman–Crippen LogP) is 3.26. The summed E-state index contributed by atoms with van der Waals surface area (Å²) >= 11 is 0. The molecule has 0 aromatic heterocycles. The Hall–Kier alpha value is -2.03.